The van der Waals surface area contributed by atoms with Crippen molar-refractivity contribution in [3.8, 4) is 0 Å². The Hall–Kier alpha value is -2.30. The van der Waals surface area contributed by atoms with Gasteiger partial charge in [-0.3, -0.25) is 0 Å². The van der Waals surface area contributed by atoms with Gasteiger partial charge in [-0.1, -0.05) is 0 Å². The van der Waals surface area contributed by atoms with Crippen LogP contribution in [0, 0.1) is 12.7 Å². The standard InChI is InChI=1S/C13H12FNO3/c1-8-2-4-10(18-8)7-15-9-3-5-12(14)11(6-9)13(16)17/h2-6,15H,7H2,1H3,(H,16,17). The lowest BCUT2D eigenvalue weighted by Crippen LogP contribution is -2.04. The maximum Gasteiger partial charge on any atom is 0.338 e. The van der Waals surface area contributed by atoms with Crippen LogP contribution in [0.25, 0.3) is 0 Å². The second-order valence-electron chi connectivity index (χ2n) is 3.87. The number of nitrogens with one attached hydrogen (secondary N) is 1. The number of aromatic carboxylic acids is 1. The van der Waals surface area contributed by atoms with Gasteiger partial charge in [0, 0.05) is 5.69 Å². The van der Waals surface area contributed by atoms with Gasteiger partial charge in [0.05, 0.1) is 12.1 Å². The third kappa shape index (κ3) is 2.68. The van der Waals surface area contributed by atoms with Crippen LogP contribution in [-0.4, -0.2) is 11.1 Å². The lowest BCUT2D eigenvalue weighted by atomic mass is 10.2. The molecule has 0 unspecified atom stereocenters. The number of carboxylic acids is 1. The van der Waals surface area contributed by atoms with Gasteiger partial charge in [-0.05, 0) is 37.3 Å². The van der Waals surface area contributed by atoms with Crippen molar-refractivity contribution in [2.45, 2.75) is 13.5 Å². The lowest BCUT2D eigenvalue weighted by Gasteiger charge is -2.06. The van der Waals surface area contributed by atoms with E-state index in [9.17, 15) is 9.18 Å². The highest BCUT2D eigenvalue weighted by molar-refractivity contribution is 5.89. The van der Waals surface area contributed by atoms with Gasteiger partial charge in [-0.25, -0.2) is 9.18 Å². The summed E-state index contributed by atoms with van der Waals surface area (Å²) >= 11 is 0. The third-order valence-corrected chi connectivity index (χ3v) is 2.46. The maximum absolute atomic E-state index is 13.2. The van der Waals surface area contributed by atoms with Crippen molar-refractivity contribution < 1.29 is 18.7 Å². The molecule has 94 valence electrons. The van der Waals surface area contributed by atoms with E-state index in [1.807, 2.05) is 19.1 Å². The van der Waals surface area contributed by atoms with Gasteiger partial charge in [-0.2, -0.15) is 0 Å². The summed E-state index contributed by atoms with van der Waals surface area (Å²) in [4.78, 5) is 10.8. The summed E-state index contributed by atoms with van der Waals surface area (Å²) in [7, 11) is 0. The first kappa shape index (κ1) is 12.2. The molecule has 0 radical (unpaired) electrons. The van der Waals surface area contributed by atoms with Crippen molar-refractivity contribution in [1.29, 1.82) is 0 Å². The number of furan rings is 1. The van der Waals surface area contributed by atoms with Crippen molar-refractivity contribution in [3.63, 3.8) is 0 Å². The average Bonchev–Trinajstić information content (AvgIpc) is 2.74. The quantitative estimate of drug-likeness (QED) is 0.874. The zero-order valence-corrected chi connectivity index (χ0v) is 9.74. The fraction of sp³-hybridized carbons (Fsp3) is 0.154. The van der Waals surface area contributed by atoms with E-state index in [-0.39, 0.29) is 5.56 Å². The van der Waals surface area contributed by atoms with E-state index in [0.29, 0.717) is 12.2 Å². The van der Waals surface area contributed by atoms with Gasteiger partial charge in [-0.15, -0.1) is 0 Å². The molecule has 4 nitrogen and oxygen atoms in total. The Morgan fingerprint density at radius 1 is 1.39 bits per heavy atom. The topological polar surface area (TPSA) is 62.5 Å². The Balaban J connectivity index is 2.10. The molecule has 0 fully saturated rings. The Kier molecular flexibility index (Phi) is 3.32. The van der Waals surface area contributed by atoms with Gasteiger partial charge in [0.1, 0.15) is 17.3 Å². The molecule has 1 aromatic carbocycles. The summed E-state index contributed by atoms with van der Waals surface area (Å²) in [6, 6.07) is 7.53. The summed E-state index contributed by atoms with van der Waals surface area (Å²) in [5.74, 6) is -0.502. The molecule has 0 aliphatic rings. The largest absolute Gasteiger partial charge is 0.478 e. The Morgan fingerprint density at radius 2 is 2.17 bits per heavy atom. The first-order valence-electron chi connectivity index (χ1n) is 5.38. The Labute approximate surface area is 103 Å². The fourth-order valence-electron chi connectivity index (χ4n) is 1.57. The molecule has 0 aliphatic carbocycles. The van der Waals surface area contributed by atoms with Gasteiger partial charge in [0.2, 0.25) is 0 Å². The van der Waals surface area contributed by atoms with E-state index in [2.05, 4.69) is 5.32 Å². The van der Waals surface area contributed by atoms with Gasteiger partial charge < -0.3 is 14.8 Å². The highest BCUT2D eigenvalue weighted by Crippen LogP contribution is 2.16. The number of hydrogen-bond acceptors (Lipinski definition) is 3. The van der Waals surface area contributed by atoms with Crippen LogP contribution in [-0.2, 0) is 6.54 Å². The number of hydrogen-bond donors (Lipinski definition) is 2. The minimum atomic E-state index is -1.29. The summed E-state index contributed by atoms with van der Waals surface area (Å²) in [6.45, 7) is 2.25. The number of carbonyl (C=O) groups is 1. The van der Waals surface area contributed by atoms with E-state index in [1.165, 1.54) is 12.1 Å². The predicted octanol–water partition coefficient (Wildman–Crippen LogP) is 3.04. The molecule has 1 heterocycles. The molecule has 0 aliphatic heterocycles. The smallest absolute Gasteiger partial charge is 0.338 e. The molecular weight excluding hydrogens is 237 g/mol. The van der Waals surface area contributed by atoms with Crippen LogP contribution < -0.4 is 5.32 Å². The first-order chi connectivity index (χ1) is 8.56. The number of anilines is 1. The van der Waals surface area contributed by atoms with Crippen molar-refractivity contribution >= 4 is 11.7 Å². The van der Waals surface area contributed by atoms with E-state index in [1.54, 1.807) is 0 Å². The van der Waals surface area contributed by atoms with Crippen LogP contribution in [0.3, 0.4) is 0 Å². The summed E-state index contributed by atoms with van der Waals surface area (Å²) in [5.41, 5.74) is 0.179. The summed E-state index contributed by atoms with van der Waals surface area (Å²) in [6.07, 6.45) is 0. The molecule has 2 N–H and O–H groups in total. The Morgan fingerprint density at radius 3 is 2.78 bits per heavy atom. The van der Waals surface area contributed by atoms with E-state index < -0.39 is 11.8 Å². The molecule has 1 aromatic heterocycles. The molecule has 0 spiro atoms. The first-order valence-corrected chi connectivity index (χ1v) is 5.38. The average molecular weight is 249 g/mol. The van der Waals surface area contributed by atoms with Gasteiger partial charge >= 0.3 is 5.97 Å². The third-order valence-electron chi connectivity index (χ3n) is 2.46. The fourth-order valence-corrected chi connectivity index (χ4v) is 1.57. The van der Waals surface area contributed by atoms with E-state index >= 15 is 0 Å². The molecule has 0 atom stereocenters. The van der Waals surface area contributed by atoms with Crippen LogP contribution in [0.5, 0.6) is 0 Å². The van der Waals surface area contributed by atoms with Crippen LogP contribution in [0.2, 0.25) is 0 Å². The van der Waals surface area contributed by atoms with Crippen molar-refractivity contribution in [2.75, 3.05) is 5.32 Å². The lowest BCUT2D eigenvalue weighted by molar-refractivity contribution is 0.0692. The van der Waals surface area contributed by atoms with Gasteiger partial charge in [0.25, 0.3) is 0 Å². The maximum atomic E-state index is 13.2. The zero-order chi connectivity index (χ0) is 13.1. The zero-order valence-electron chi connectivity index (χ0n) is 9.74. The van der Waals surface area contributed by atoms with Crippen molar-refractivity contribution in [3.05, 3.63) is 53.2 Å². The van der Waals surface area contributed by atoms with E-state index in [4.69, 9.17) is 9.52 Å². The molecule has 2 rings (SSSR count). The van der Waals surface area contributed by atoms with Crippen LogP contribution in [0.1, 0.15) is 21.9 Å². The number of halogens is 1. The van der Waals surface area contributed by atoms with Crippen molar-refractivity contribution in [1.82, 2.24) is 0 Å². The van der Waals surface area contributed by atoms with E-state index in [0.717, 1.165) is 17.6 Å². The molecule has 0 bridgehead atoms. The number of benzene rings is 1. The molecule has 18 heavy (non-hydrogen) atoms. The number of carboxylic acid groups (broad SMARTS) is 1. The summed E-state index contributed by atoms with van der Waals surface area (Å²) < 4.78 is 18.5. The monoisotopic (exact) mass is 249 g/mol. The molecule has 0 amide bonds. The highest BCUT2D eigenvalue weighted by atomic mass is 19.1. The number of aryl methyl sites for hydroxylation is 1. The summed E-state index contributed by atoms with van der Waals surface area (Å²) in [5, 5.41) is 11.8. The number of rotatable bonds is 4. The van der Waals surface area contributed by atoms with Crippen molar-refractivity contribution in [2.24, 2.45) is 0 Å². The van der Waals surface area contributed by atoms with Crippen LogP contribution in [0.15, 0.2) is 34.7 Å². The SMILES string of the molecule is Cc1ccc(CNc2ccc(F)c(C(=O)O)c2)o1. The predicted molar refractivity (Wildman–Crippen MR) is 64.1 cm³/mol. The minimum Gasteiger partial charge on any atom is -0.478 e. The van der Waals surface area contributed by atoms with Crippen LogP contribution in [0.4, 0.5) is 10.1 Å². The second-order valence-corrected chi connectivity index (χ2v) is 3.87. The second kappa shape index (κ2) is 4.91. The molecule has 0 saturated heterocycles. The van der Waals surface area contributed by atoms with Gasteiger partial charge in [0.15, 0.2) is 0 Å². The highest BCUT2D eigenvalue weighted by Gasteiger charge is 2.10. The van der Waals surface area contributed by atoms with Crippen LogP contribution >= 0.6 is 0 Å². The normalized spacial score (nSPS) is 10.3. The molecule has 0 saturated carbocycles. The molecular formula is C13H12FNO3. The minimum absolute atomic E-state index is 0.351. The Bertz CT molecular complexity index is 577. The molecule has 5 heteroatoms. The molecule has 2 aromatic rings.